The summed E-state index contributed by atoms with van der Waals surface area (Å²) in [6.45, 7) is 4.61. The van der Waals surface area contributed by atoms with Crippen molar-refractivity contribution in [3.8, 4) is 16.9 Å². The smallest absolute Gasteiger partial charge is 0.152 e. The topological polar surface area (TPSA) is 87.0 Å². The molecule has 4 aromatic rings. The standard InChI is InChI=1S/C25H28N6O2/c1-25(7-9-33-16-25)15-28-24-23-19(6-8-26-24)12-27-22(30-23)11-18-5-4-17(10-21(18)32-3)20-13-29-31(2)14-20/h4-6,8,10,12-14H,7,9,11,15-16H2,1-3H3,(H,26,28). The van der Waals surface area contributed by atoms with E-state index in [-0.39, 0.29) is 5.41 Å². The molecule has 1 aliphatic heterocycles. The highest BCUT2D eigenvalue weighted by Gasteiger charge is 2.29. The molecule has 5 rings (SSSR count). The van der Waals surface area contributed by atoms with E-state index >= 15 is 0 Å². The highest BCUT2D eigenvalue weighted by Crippen LogP contribution is 2.30. The highest BCUT2D eigenvalue weighted by molar-refractivity contribution is 5.87. The van der Waals surface area contributed by atoms with Crippen molar-refractivity contribution in [2.75, 3.05) is 32.2 Å². The first-order valence-corrected chi connectivity index (χ1v) is 11.1. The van der Waals surface area contributed by atoms with E-state index < -0.39 is 0 Å². The van der Waals surface area contributed by atoms with Gasteiger partial charge in [0, 0.05) is 67.1 Å². The number of fused-ring (bicyclic) bond motifs is 1. The Morgan fingerprint density at radius 2 is 2.09 bits per heavy atom. The van der Waals surface area contributed by atoms with Gasteiger partial charge >= 0.3 is 0 Å². The Hall–Kier alpha value is -3.52. The average molecular weight is 445 g/mol. The van der Waals surface area contributed by atoms with Gasteiger partial charge in [0.2, 0.25) is 0 Å². The quantitative estimate of drug-likeness (QED) is 0.463. The number of ether oxygens (including phenoxy) is 2. The number of hydrogen-bond acceptors (Lipinski definition) is 7. The number of hydrogen-bond donors (Lipinski definition) is 1. The molecule has 1 fully saturated rings. The van der Waals surface area contributed by atoms with Crippen LogP contribution in [0.4, 0.5) is 5.82 Å². The summed E-state index contributed by atoms with van der Waals surface area (Å²) in [5, 5.41) is 8.72. The molecule has 1 unspecified atom stereocenters. The van der Waals surface area contributed by atoms with Gasteiger partial charge in [0.25, 0.3) is 0 Å². The minimum absolute atomic E-state index is 0.114. The van der Waals surface area contributed by atoms with Crippen molar-refractivity contribution < 1.29 is 9.47 Å². The van der Waals surface area contributed by atoms with Crippen molar-refractivity contribution in [1.82, 2.24) is 24.7 Å². The first-order valence-electron chi connectivity index (χ1n) is 11.1. The van der Waals surface area contributed by atoms with E-state index in [0.717, 1.165) is 71.2 Å². The summed E-state index contributed by atoms with van der Waals surface area (Å²) in [6, 6.07) is 8.12. The number of benzene rings is 1. The molecule has 170 valence electrons. The molecule has 0 saturated carbocycles. The number of nitrogens with zero attached hydrogens (tertiary/aromatic N) is 5. The van der Waals surface area contributed by atoms with Gasteiger partial charge in [-0.15, -0.1) is 0 Å². The number of pyridine rings is 1. The van der Waals surface area contributed by atoms with E-state index in [9.17, 15) is 0 Å². The molecule has 0 aliphatic carbocycles. The fourth-order valence-electron chi connectivity index (χ4n) is 4.16. The van der Waals surface area contributed by atoms with Crippen molar-refractivity contribution in [1.29, 1.82) is 0 Å². The van der Waals surface area contributed by atoms with Gasteiger partial charge in [-0.2, -0.15) is 5.10 Å². The van der Waals surface area contributed by atoms with E-state index in [4.69, 9.17) is 14.5 Å². The summed E-state index contributed by atoms with van der Waals surface area (Å²) in [4.78, 5) is 14.0. The Labute approximate surface area is 193 Å². The lowest BCUT2D eigenvalue weighted by atomic mass is 9.90. The monoisotopic (exact) mass is 444 g/mol. The molecule has 1 N–H and O–H groups in total. The second kappa shape index (κ2) is 8.78. The van der Waals surface area contributed by atoms with Crippen LogP contribution in [-0.4, -0.2) is 51.6 Å². The van der Waals surface area contributed by atoms with E-state index in [2.05, 4.69) is 39.4 Å². The third-order valence-electron chi connectivity index (χ3n) is 6.21. The maximum atomic E-state index is 5.69. The van der Waals surface area contributed by atoms with E-state index in [1.165, 1.54) is 0 Å². The van der Waals surface area contributed by atoms with Crippen molar-refractivity contribution in [2.45, 2.75) is 19.8 Å². The van der Waals surface area contributed by atoms with Gasteiger partial charge in [0.15, 0.2) is 5.82 Å². The first-order chi connectivity index (χ1) is 16.0. The van der Waals surface area contributed by atoms with Gasteiger partial charge in [-0.25, -0.2) is 15.0 Å². The van der Waals surface area contributed by atoms with Crippen LogP contribution in [0.15, 0.2) is 49.1 Å². The molecule has 1 aromatic carbocycles. The molecular weight excluding hydrogens is 416 g/mol. The zero-order valence-corrected chi connectivity index (χ0v) is 19.2. The number of nitrogens with one attached hydrogen (secondary N) is 1. The fraction of sp³-hybridized carbons (Fsp3) is 0.360. The molecule has 0 radical (unpaired) electrons. The summed E-state index contributed by atoms with van der Waals surface area (Å²) in [5.41, 5.74) is 4.08. The SMILES string of the molecule is COc1cc(-c2cnn(C)c2)ccc1Cc1ncc2ccnc(NCC3(C)CCOC3)c2n1. The third-order valence-corrected chi connectivity index (χ3v) is 6.21. The van der Waals surface area contributed by atoms with Crippen LogP contribution in [0.3, 0.4) is 0 Å². The largest absolute Gasteiger partial charge is 0.496 e. The lowest BCUT2D eigenvalue weighted by molar-refractivity contribution is 0.164. The second-order valence-electron chi connectivity index (χ2n) is 8.96. The van der Waals surface area contributed by atoms with Crippen molar-refractivity contribution in [3.63, 3.8) is 0 Å². The Morgan fingerprint density at radius 3 is 2.85 bits per heavy atom. The van der Waals surface area contributed by atoms with E-state index in [0.29, 0.717) is 6.42 Å². The molecule has 33 heavy (non-hydrogen) atoms. The summed E-state index contributed by atoms with van der Waals surface area (Å²) in [6.07, 6.45) is 9.09. The summed E-state index contributed by atoms with van der Waals surface area (Å²) in [5.74, 6) is 2.31. The summed E-state index contributed by atoms with van der Waals surface area (Å²) in [7, 11) is 3.60. The van der Waals surface area contributed by atoms with Gasteiger partial charge in [-0.1, -0.05) is 19.1 Å². The molecule has 1 atom stereocenters. The predicted molar refractivity (Wildman–Crippen MR) is 127 cm³/mol. The van der Waals surface area contributed by atoms with Gasteiger partial charge in [-0.3, -0.25) is 4.68 Å². The first kappa shape index (κ1) is 21.3. The summed E-state index contributed by atoms with van der Waals surface area (Å²) < 4.78 is 13.1. The van der Waals surface area contributed by atoms with Gasteiger partial charge in [-0.05, 0) is 24.1 Å². The van der Waals surface area contributed by atoms with Crippen molar-refractivity contribution in [3.05, 3.63) is 60.4 Å². The molecule has 8 heteroatoms. The van der Waals surface area contributed by atoms with Crippen LogP contribution in [0.5, 0.6) is 5.75 Å². The minimum atomic E-state index is 0.114. The molecular formula is C25H28N6O2. The van der Waals surface area contributed by atoms with Gasteiger partial charge in [0.05, 0.1) is 19.9 Å². The van der Waals surface area contributed by atoms with Gasteiger partial charge < -0.3 is 14.8 Å². The highest BCUT2D eigenvalue weighted by atomic mass is 16.5. The Kier molecular flexibility index (Phi) is 5.68. The van der Waals surface area contributed by atoms with Crippen molar-refractivity contribution >= 4 is 16.7 Å². The van der Waals surface area contributed by atoms with E-state index in [1.807, 2.05) is 37.8 Å². The number of aromatic nitrogens is 5. The van der Waals surface area contributed by atoms with Crippen LogP contribution in [-0.2, 0) is 18.2 Å². The maximum absolute atomic E-state index is 5.69. The molecule has 1 saturated heterocycles. The minimum Gasteiger partial charge on any atom is -0.496 e. The number of methoxy groups -OCH3 is 1. The normalized spacial score (nSPS) is 18.0. The fourth-order valence-corrected chi connectivity index (χ4v) is 4.16. The van der Waals surface area contributed by atoms with Crippen LogP contribution in [0, 0.1) is 5.41 Å². The molecule has 0 bridgehead atoms. The molecule has 8 nitrogen and oxygen atoms in total. The number of aryl methyl sites for hydroxylation is 1. The zero-order chi connectivity index (χ0) is 22.8. The van der Waals surface area contributed by atoms with Crippen LogP contribution >= 0.6 is 0 Å². The van der Waals surface area contributed by atoms with Crippen molar-refractivity contribution in [2.24, 2.45) is 12.5 Å². The summed E-state index contributed by atoms with van der Waals surface area (Å²) >= 11 is 0. The molecule has 4 heterocycles. The van der Waals surface area contributed by atoms with Gasteiger partial charge in [0.1, 0.15) is 17.1 Å². The lowest BCUT2D eigenvalue weighted by Gasteiger charge is -2.22. The molecule has 0 amide bonds. The second-order valence-corrected chi connectivity index (χ2v) is 8.96. The van der Waals surface area contributed by atoms with Crippen LogP contribution in [0.25, 0.3) is 22.0 Å². The van der Waals surface area contributed by atoms with Crippen LogP contribution < -0.4 is 10.1 Å². The van der Waals surface area contributed by atoms with E-state index in [1.54, 1.807) is 18.0 Å². The average Bonchev–Trinajstić information content (AvgIpc) is 3.46. The molecule has 0 spiro atoms. The Morgan fingerprint density at radius 1 is 1.18 bits per heavy atom. The lowest BCUT2D eigenvalue weighted by Crippen LogP contribution is -2.27. The molecule has 3 aromatic heterocycles. The van der Waals surface area contributed by atoms with Crippen LogP contribution in [0.2, 0.25) is 0 Å². The predicted octanol–water partition coefficient (Wildman–Crippen LogP) is 3.86. The Balaban J connectivity index is 1.41. The number of rotatable bonds is 7. The molecule has 1 aliphatic rings. The number of anilines is 1. The Bertz CT molecular complexity index is 1280. The zero-order valence-electron chi connectivity index (χ0n) is 19.2. The third kappa shape index (κ3) is 4.52. The maximum Gasteiger partial charge on any atom is 0.152 e. The van der Waals surface area contributed by atoms with Crippen LogP contribution in [0.1, 0.15) is 24.7 Å².